The van der Waals surface area contributed by atoms with Gasteiger partial charge in [0, 0.05) is 18.3 Å². The summed E-state index contributed by atoms with van der Waals surface area (Å²) in [6, 6.07) is 6.02. The van der Waals surface area contributed by atoms with Crippen LogP contribution in [0.1, 0.15) is 18.9 Å². The third kappa shape index (κ3) is 3.40. The fraction of sp³-hybridized carbons (Fsp3) is 0.211. The molecule has 0 aliphatic heterocycles. The summed E-state index contributed by atoms with van der Waals surface area (Å²) < 4.78 is 16.1. The van der Waals surface area contributed by atoms with E-state index >= 15 is 0 Å². The molecule has 0 aliphatic carbocycles. The van der Waals surface area contributed by atoms with Crippen LogP contribution < -0.4 is 5.56 Å². The van der Waals surface area contributed by atoms with E-state index in [0.717, 1.165) is 17.5 Å². The van der Waals surface area contributed by atoms with Crippen molar-refractivity contribution < 1.29 is 4.39 Å². The molecule has 3 aromatic heterocycles. The van der Waals surface area contributed by atoms with Crippen LogP contribution >= 0.6 is 0 Å². The predicted octanol–water partition coefficient (Wildman–Crippen LogP) is 2.52. The van der Waals surface area contributed by atoms with Gasteiger partial charge >= 0.3 is 0 Å². The number of nitrogens with zero attached hydrogens (tertiary/aromatic N) is 4. The quantitative estimate of drug-likeness (QED) is 0.546. The maximum atomic E-state index is 12.9. The van der Waals surface area contributed by atoms with E-state index in [4.69, 9.17) is 0 Å². The standard InChI is InChI=1S/C19H17FN6O/c1-2-9-26-19(27)16-18(24-26)23-17(22-16)14-11-21-25(12-14)10-3-4-13-5-7-15(20)8-6-13/h5-8,11-12,24H,2,9-10H2,1H3,(H,22,23). The molecule has 0 bridgehead atoms. The molecule has 2 N–H and O–H groups in total. The molecule has 3 heterocycles. The van der Waals surface area contributed by atoms with Crippen LogP contribution in [-0.4, -0.2) is 29.5 Å². The van der Waals surface area contributed by atoms with E-state index in [2.05, 4.69) is 32.0 Å². The zero-order valence-corrected chi connectivity index (χ0v) is 14.7. The van der Waals surface area contributed by atoms with E-state index < -0.39 is 0 Å². The lowest BCUT2D eigenvalue weighted by atomic mass is 10.2. The highest BCUT2D eigenvalue weighted by Crippen LogP contribution is 2.17. The largest absolute Gasteiger partial charge is 0.332 e. The van der Waals surface area contributed by atoms with Gasteiger partial charge in [-0.25, -0.2) is 14.1 Å². The molecule has 0 radical (unpaired) electrons. The van der Waals surface area contributed by atoms with Crippen molar-refractivity contribution in [3.63, 3.8) is 0 Å². The Labute approximate surface area is 153 Å². The van der Waals surface area contributed by atoms with Crippen LogP contribution in [0, 0.1) is 17.7 Å². The molecule has 0 saturated carbocycles. The number of aromatic nitrogens is 6. The molecule has 7 nitrogen and oxygen atoms in total. The smallest absolute Gasteiger partial charge is 0.292 e. The number of hydrogen-bond donors (Lipinski definition) is 2. The van der Waals surface area contributed by atoms with Gasteiger partial charge < -0.3 is 4.98 Å². The predicted molar refractivity (Wildman–Crippen MR) is 99.5 cm³/mol. The summed E-state index contributed by atoms with van der Waals surface area (Å²) in [5.41, 5.74) is 2.40. The number of aromatic amines is 2. The Kier molecular flexibility index (Phi) is 4.34. The molecule has 8 heteroatoms. The van der Waals surface area contributed by atoms with E-state index in [1.165, 1.54) is 12.1 Å². The van der Waals surface area contributed by atoms with Crippen molar-refractivity contribution in [2.24, 2.45) is 0 Å². The summed E-state index contributed by atoms with van der Waals surface area (Å²) >= 11 is 0. The molecule has 0 spiro atoms. The number of H-pyrrole nitrogens is 2. The Hall–Kier alpha value is -3.60. The Morgan fingerprint density at radius 2 is 2.07 bits per heavy atom. The van der Waals surface area contributed by atoms with Gasteiger partial charge in [-0.05, 0) is 30.7 Å². The molecule has 0 unspecified atom stereocenters. The monoisotopic (exact) mass is 364 g/mol. The van der Waals surface area contributed by atoms with Crippen LogP contribution in [0.15, 0.2) is 41.5 Å². The fourth-order valence-corrected chi connectivity index (χ4v) is 2.77. The average Bonchev–Trinajstić information content (AvgIpc) is 3.35. The van der Waals surface area contributed by atoms with Crippen molar-refractivity contribution in [3.8, 4) is 23.2 Å². The van der Waals surface area contributed by atoms with Gasteiger partial charge in [-0.2, -0.15) is 5.10 Å². The minimum atomic E-state index is -0.284. The van der Waals surface area contributed by atoms with Crippen LogP contribution in [0.25, 0.3) is 22.6 Å². The lowest BCUT2D eigenvalue weighted by Gasteiger charge is -1.96. The molecule has 0 fully saturated rings. The first kappa shape index (κ1) is 16.8. The van der Waals surface area contributed by atoms with Crippen LogP contribution in [-0.2, 0) is 13.1 Å². The van der Waals surface area contributed by atoms with Crippen molar-refractivity contribution in [1.29, 1.82) is 0 Å². The number of halogens is 1. The number of benzene rings is 1. The lowest BCUT2D eigenvalue weighted by Crippen LogP contribution is -2.16. The van der Waals surface area contributed by atoms with Crippen LogP contribution in [0.4, 0.5) is 4.39 Å². The van der Waals surface area contributed by atoms with Gasteiger partial charge in [-0.1, -0.05) is 18.8 Å². The second kappa shape index (κ2) is 6.96. The first-order chi connectivity index (χ1) is 13.1. The molecule has 4 rings (SSSR count). The number of rotatable bonds is 4. The van der Waals surface area contributed by atoms with Crippen molar-refractivity contribution in [2.45, 2.75) is 26.4 Å². The van der Waals surface area contributed by atoms with E-state index in [9.17, 15) is 9.18 Å². The summed E-state index contributed by atoms with van der Waals surface area (Å²) in [6.07, 6.45) is 4.34. The van der Waals surface area contributed by atoms with Crippen molar-refractivity contribution in [2.75, 3.05) is 0 Å². The molecule has 4 aromatic rings. The summed E-state index contributed by atoms with van der Waals surface area (Å²) in [5.74, 6) is 6.25. The minimum Gasteiger partial charge on any atom is -0.332 e. The van der Waals surface area contributed by atoms with Gasteiger partial charge in [0.25, 0.3) is 5.56 Å². The molecular weight excluding hydrogens is 347 g/mol. The zero-order valence-electron chi connectivity index (χ0n) is 14.7. The van der Waals surface area contributed by atoms with Crippen molar-refractivity contribution >= 4 is 11.2 Å². The molecule has 0 aliphatic rings. The normalized spacial score (nSPS) is 10.9. The van der Waals surface area contributed by atoms with E-state index in [1.807, 2.05) is 13.1 Å². The van der Waals surface area contributed by atoms with E-state index in [1.54, 1.807) is 27.7 Å². The van der Waals surface area contributed by atoms with Crippen molar-refractivity contribution in [3.05, 3.63) is 58.4 Å². The highest BCUT2D eigenvalue weighted by atomic mass is 19.1. The Bertz CT molecular complexity index is 1200. The number of imidazole rings is 1. The molecule has 136 valence electrons. The molecule has 27 heavy (non-hydrogen) atoms. The van der Waals surface area contributed by atoms with Gasteiger partial charge in [0.15, 0.2) is 11.2 Å². The average molecular weight is 364 g/mol. The number of nitrogens with one attached hydrogen (secondary N) is 2. The number of aryl methyl sites for hydroxylation is 1. The third-order valence-corrected chi connectivity index (χ3v) is 4.08. The Balaban J connectivity index is 1.51. The maximum Gasteiger partial charge on any atom is 0.292 e. The Morgan fingerprint density at radius 3 is 2.81 bits per heavy atom. The number of hydrogen-bond acceptors (Lipinski definition) is 3. The lowest BCUT2D eigenvalue weighted by molar-refractivity contribution is 0.589. The van der Waals surface area contributed by atoms with Gasteiger partial charge in [0.05, 0.1) is 11.8 Å². The summed E-state index contributed by atoms with van der Waals surface area (Å²) in [5, 5.41) is 7.27. The zero-order chi connectivity index (χ0) is 18.8. The van der Waals surface area contributed by atoms with E-state index in [0.29, 0.717) is 30.1 Å². The number of fused-ring (bicyclic) bond motifs is 1. The van der Waals surface area contributed by atoms with Crippen molar-refractivity contribution in [1.82, 2.24) is 29.5 Å². The van der Waals surface area contributed by atoms with Gasteiger partial charge in [0.1, 0.15) is 18.2 Å². The molecule has 1 aromatic carbocycles. The molecular formula is C19H17FN6O. The van der Waals surface area contributed by atoms with Crippen LogP contribution in [0.5, 0.6) is 0 Å². The highest BCUT2D eigenvalue weighted by Gasteiger charge is 2.13. The first-order valence-electron chi connectivity index (χ1n) is 8.60. The highest BCUT2D eigenvalue weighted by molar-refractivity contribution is 5.74. The summed E-state index contributed by atoms with van der Waals surface area (Å²) in [7, 11) is 0. The molecule has 0 saturated heterocycles. The minimum absolute atomic E-state index is 0.108. The second-order valence-electron chi connectivity index (χ2n) is 6.11. The first-order valence-corrected chi connectivity index (χ1v) is 8.60. The topological polar surface area (TPSA) is 84.3 Å². The fourth-order valence-electron chi connectivity index (χ4n) is 2.77. The molecule has 0 amide bonds. The summed E-state index contributed by atoms with van der Waals surface area (Å²) in [4.78, 5) is 19.8. The van der Waals surface area contributed by atoms with Gasteiger partial charge in [-0.15, -0.1) is 0 Å². The second-order valence-corrected chi connectivity index (χ2v) is 6.11. The maximum absolute atomic E-state index is 12.9. The third-order valence-electron chi connectivity index (χ3n) is 4.08. The molecule has 0 atom stereocenters. The van der Waals surface area contributed by atoms with Crippen LogP contribution in [0.2, 0.25) is 0 Å². The SMILES string of the molecule is CCCn1[nH]c2nc(-c3cnn(CC#Cc4ccc(F)cc4)c3)[nH]c2c1=O. The van der Waals surface area contributed by atoms with Crippen LogP contribution in [0.3, 0.4) is 0 Å². The van der Waals surface area contributed by atoms with E-state index in [-0.39, 0.29) is 11.4 Å². The van der Waals surface area contributed by atoms with Gasteiger partial charge in [-0.3, -0.25) is 14.6 Å². The summed E-state index contributed by atoms with van der Waals surface area (Å²) in [6.45, 7) is 3.02. The van der Waals surface area contributed by atoms with Gasteiger partial charge in [0.2, 0.25) is 0 Å². The Morgan fingerprint density at radius 1 is 1.26 bits per heavy atom.